The van der Waals surface area contributed by atoms with E-state index in [1.54, 1.807) is 0 Å². The van der Waals surface area contributed by atoms with Gasteiger partial charge in [0.25, 0.3) is 0 Å². The van der Waals surface area contributed by atoms with Gasteiger partial charge in [0.15, 0.2) is 0 Å². The van der Waals surface area contributed by atoms with Crippen LogP contribution in [0.15, 0.2) is 0 Å². The van der Waals surface area contributed by atoms with E-state index in [9.17, 15) is 4.79 Å². The summed E-state index contributed by atoms with van der Waals surface area (Å²) in [6, 6.07) is 0. The Kier molecular flexibility index (Phi) is 2.05. The molecule has 1 rings (SSSR count). The zero-order chi connectivity index (χ0) is 4.57. The van der Waals surface area contributed by atoms with Crippen molar-refractivity contribution < 1.29 is 4.79 Å². The third-order valence-electron chi connectivity index (χ3n) is 0.887. The largest absolute Gasteiger partial charge is 0.280 e. The zero-order valence-electron chi connectivity index (χ0n) is 3.76. The molecule has 4 heteroatoms. The summed E-state index contributed by atoms with van der Waals surface area (Å²) in [5.41, 5.74) is 0. The van der Waals surface area contributed by atoms with E-state index in [0.717, 1.165) is 6.54 Å². The summed E-state index contributed by atoms with van der Waals surface area (Å²) in [4.78, 5) is 10.0. The maximum absolute atomic E-state index is 10.0. The summed E-state index contributed by atoms with van der Waals surface area (Å²) in [6.07, 6.45) is 0.635. The molecule has 1 saturated heterocycles. The van der Waals surface area contributed by atoms with Gasteiger partial charge in [-0.1, -0.05) is 0 Å². The molecule has 0 aliphatic carbocycles. The Morgan fingerprint density at radius 3 is 2.14 bits per heavy atom. The van der Waals surface area contributed by atoms with Crippen molar-refractivity contribution in [3.63, 3.8) is 0 Å². The smallest absolute Gasteiger partial charge is 0.238 e. The maximum Gasteiger partial charge on any atom is 0.238 e. The fourth-order valence-electron chi connectivity index (χ4n) is 0.332. The van der Waals surface area contributed by atoms with Crippen LogP contribution in [0.1, 0.15) is 6.42 Å². The molecule has 0 aromatic carbocycles. The van der Waals surface area contributed by atoms with Gasteiger partial charge in [0.1, 0.15) is 0 Å². The van der Waals surface area contributed by atoms with Gasteiger partial charge in [-0.2, -0.15) is 0 Å². The van der Waals surface area contributed by atoms with Crippen molar-refractivity contribution >= 4 is 18.3 Å². The number of halogens is 1. The molecule has 3 nitrogen and oxygen atoms in total. The Morgan fingerprint density at radius 1 is 1.71 bits per heavy atom. The number of β-lactam (4-membered cyclic amide) rings is 1. The fraction of sp³-hybridized carbons (Fsp3) is 0.667. The Balaban J connectivity index is 0.000000360. The van der Waals surface area contributed by atoms with Crippen molar-refractivity contribution in [2.75, 3.05) is 6.54 Å². The van der Waals surface area contributed by atoms with Crippen LogP contribution in [0.3, 0.4) is 0 Å². The van der Waals surface area contributed by atoms with Crippen molar-refractivity contribution in [2.24, 2.45) is 5.84 Å². The molecule has 0 bridgehead atoms. The van der Waals surface area contributed by atoms with Crippen molar-refractivity contribution in [1.29, 1.82) is 0 Å². The average Bonchev–Trinajstić information content (AvgIpc) is 1.61. The van der Waals surface area contributed by atoms with Crippen LogP contribution in [0.4, 0.5) is 0 Å². The number of hydrogen-bond donors (Lipinski definition) is 1. The Bertz CT molecular complexity index is 85.0. The first-order chi connectivity index (χ1) is 2.80. The molecule has 1 aliphatic rings. The second kappa shape index (κ2) is 2.14. The highest BCUT2D eigenvalue weighted by atomic mass is 35.5. The van der Waals surface area contributed by atoms with E-state index in [1.165, 1.54) is 5.01 Å². The monoisotopic (exact) mass is 122 g/mol. The Labute approximate surface area is 47.8 Å². The number of carbonyl (C=O) groups excluding carboxylic acids is 1. The third-order valence-corrected chi connectivity index (χ3v) is 0.887. The summed E-state index contributed by atoms with van der Waals surface area (Å²) >= 11 is 0. The van der Waals surface area contributed by atoms with Crippen LogP contribution in [0.5, 0.6) is 0 Å². The van der Waals surface area contributed by atoms with E-state index in [0.29, 0.717) is 6.42 Å². The molecule has 1 heterocycles. The quantitative estimate of drug-likeness (QED) is 0.268. The average molecular weight is 123 g/mol. The summed E-state index contributed by atoms with van der Waals surface area (Å²) < 4.78 is 0. The molecule has 0 unspecified atom stereocenters. The van der Waals surface area contributed by atoms with Crippen molar-refractivity contribution in [3.05, 3.63) is 0 Å². The van der Waals surface area contributed by atoms with Gasteiger partial charge >= 0.3 is 0 Å². The second-order valence-corrected chi connectivity index (χ2v) is 1.34. The lowest BCUT2D eigenvalue weighted by atomic mass is 10.3. The standard InChI is InChI=1S/C3H6N2O.ClH/c4-5-2-1-3(5)6;/h1-2,4H2;1H. The van der Waals surface area contributed by atoms with Crippen LogP contribution < -0.4 is 5.84 Å². The molecular formula is C3H7ClN2O. The molecule has 1 amide bonds. The van der Waals surface area contributed by atoms with Crippen molar-refractivity contribution in [2.45, 2.75) is 6.42 Å². The normalized spacial score (nSPS) is 17.9. The molecule has 2 N–H and O–H groups in total. The Morgan fingerprint density at radius 2 is 2.14 bits per heavy atom. The van der Waals surface area contributed by atoms with Gasteiger partial charge in [0.2, 0.25) is 5.91 Å². The number of hydrogen-bond acceptors (Lipinski definition) is 2. The molecule has 0 aromatic heterocycles. The lowest BCUT2D eigenvalue weighted by Gasteiger charge is -2.24. The molecule has 0 atom stereocenters. The minimum atomic E-state index is 0. The number of nitrogens with zero attached hydrogens (tertiary/aromatic N) is 1. The predicted octanol–water partition coefficient (Wildman–Crippen LogP) is -0.486. The molecule has 1 fully saturated rings. The molecule has 0 aromatic rings. The third kappa shape index (κ3) is 1.04. The van der Waals surface area contributed by atoms with E-state index >= 15 is 0 Å². The van der Waals surface area contributed by atoms with Crippen LogP contribution in [-0.2, 0) is 4.79 Å². The number of carbonyl (C=O) groups is 1. The minimum Gasteiger partial charge on any atom is -0.280 e. The topological polar surface area (TPSA) is 46.3 Å². The summed E-state index contributed by atoms with van der Waals surface area (Å²) in [5.74, 6) is 5.06. The molecule has 1 aliphatic heterocycles. The predicted molar refractivity (Wildman–Crippen MR) is 27.8 cm³/mol. The van der Waals surface area contributed by atoms with Gasteiger partial charge in [-0.15, -0.1) is 12.4 Å². The highest BCUT2D eigenvalue weighted by molar-refractivity contribution is 5.85. The van der Waals surface area contributed by atoms with Crippen LogP contribution in [0, 0.1) is 0 Å². The number of rotatable bonds is 0. The molecule has 0 saturated carbocycles. The van der Waals surface area contributed by atoms with E-state index in [4.69, 9.17) is 5.84 Å². The summed E-state index contributed by atoms with van der Waals surface area (Å²) in [6.45, 7) is 0.735. The van der Waals surface area contributed by atoms with E-state index in [2.05, 4.69) is 0 Å². The van der Waals surface area contributed by atoms with Crippen LogP contribution in [0.25, 0.3) is 0 Å². The van der Waals surface area contributed by atoms with Crippen LogP contribution >= 0.6 is 12.4 Å². The van der Waals surface area contributed by atoms with Crippen molar-refractivity contribution in [3.8, 4) is 0 Å². The highest BCUT2D eigenvalue weighted by Crippen LogP contribution is 1.98. The van der Waals surface area contributed by atoms with E-state index in [1.807, 2.05) is 0 Å². The molecule has 0 spiro atoms. The summed E-state index contributed by atoms with van der Waals surface area (Å²) in [5, 5.41) is 1.21. The van der Waals surface area contributed by atoms with Gasteiger partial charge in [-0.3, -0.25) is 9.80 Å². The Hall–Kier alpha value is -0.280. The van der Waals surface area contributed by atoms with Crippen LogP contribution in [0.2, 0.25) is 0 Å². The SMILES string of the molecule is Cl.NN1CCC1=O. The van der Waals surface area contributed by atoms with Gasteiger partial charge in [0, 0.05) is 13.0 Å². The van der Waals surface area contributed by atoms with Gasteiger partial charge < -0.3 is 0 Å². The fourth-order valence-corrected chi connectivity index (χ4v) is 0.332. The maximum atomic E-state index is 10.0. The number of nitrogens with two attached hydrogens (primary N) is 1. The summed E-state index contributed by atoms with van der Waals surface area (Å²) in [7, 11) is 0. The zero-order valence-corrected chi connectivity index (χ0v) is 4.57. The molecule has 7 heavy (non-hydrogen) atoms. The first kappa shape index (κ1) is 6.72. The number of amides is 1. The lowest BCUT2D eigenvalue weighted by molar-refractivity contribution is -0.140. The van der Waals surface area contributed by atoms with Gasteiger partial charge in [-0.25, -0.2) is 5.84 Å². The first-order valence-corrected chi connectivity index (χ1v) is 1.86. The minimum absolute atomic E-state index is 0. The molecule has 42 valence electrons. The second-order valence-electron chi connectivity index (χ2n) is 1.34. The van der Waals surface area contributed by atoms with Crippen molar-refractivity contribution in [1.82, 2.24) is 5.01 Å². The van der Waals surface area contributed by atoms with Crippen LogP contribution in [-0.4, -0.2) is 17.5 Å². The molecular weight excluding hydrogens is 115 g/mol. The number of hydrazine groups is 1. The first-order valence-electron chi connectivity index (χ1n) is 1.86. The van der Waals surface area contributed by atoms with E-state index < -0.39 is 0 Å². The van der Waals surface area contributed by atoms with E-state index in [-0.39, 0.29) is 18.3 Å². The highest BCUT2D eigenvalue weighted by Gasteiger charge is 2.18. The van der Waals surface area contributed by atoms with Gasteiger partial charge in [0.05, 0.1) is 0 Å². The molecule has 0 radical (unpaired) electrons. The lowest BCUT2D eigenvalue weighted by Crippen LogP contribution is -2.48. The van der Waals surface area contributed by atoms with Gasteiger partial charge in [-0.05, 0) is 0 Å².